The lowest BCUT2D eigenvalue weighted by Crippen LogP contribution is -2.45. The van der Waals surface area contributed by atoms with Crippen LogP contribution >= 0.6 is 0 Å². The second-order valence-electron chi connectivity index (χ2n) is 7.83. The molecule has 0 unspecified atom stereocenters. The summed E-state index contributed by atoms with van der Waals surface area (Å²) in [6, 6.07) is 5.48. The third kappa shape index (κ3) is 5.29. The van der Waals surface area contributed by atoms with Crippen LogP contribution in [0.2, 0.25) is 0 Å². The van der Waals surface area contributed by atoms with E-state index in [9.17, 15) is 23.9 Å². The Morgan fingerprint density at radius 1 is 1.21 bits per heavy atom. The van der Waals surface area contributed by atoms with E-state index in [4.69, 9.17) is 4.42 Å². The summed E-state index contributed by atoms with van der Waals surface area (Å²) >= 11 is 0. The first kappa shape index (κ1) is 23.7. The van der Waals surface area contributed by atoms with Gasteiger partial charge in [0.15, 0.2) is 5.69 Å². The Balaban J connectivity index is 1.81. The molecule has 2 heterocycles. The summed E-state index contributed by atoms with van der Waals surface area (Å²) in [5.41, 5.74) is -1.76. The number of benzene rings is 1. The van der Waals surface area contributed by atoms with Crippen LogP contribution in [-0.2, 0) is 19.1 Å². The van der Waals surface area contributed by atoms with E-state index in [1.54, 1.807) is 20.8 Å². The number of carbonyl (C=O) groups excluding carboxylic acids is 2. The van der Waals surface area contributed by atoms with Crippen LogP contribution in [-0.4, -0.2) is 43.1 Å². The normalized spacial score (nSPS) is 11.4. The van der Waals surface area contributed by atoms with E-state index in [0.717, 1.165) is 4.57 Å². The number of aromatic hydroxyl groups is 1. The van der Waals surface area contributed by atoms with Gasteiger partial charge in [-0.25, -0.2) is 9.37 Å². The Labute approximate surface area is 187 Å². The number of halogens is 1. The van der Waals surface area contributed by atoms with Gasteiger partial charge in [-0.05, 0) is 31.5 Å². The molecule has 0 atom stereocenters. The fourth-order valence-electron chi connectivity index (χ4n) is 3.04. The highest BCUT2D eigenvalue weighted by molar-refractivity contribution is 5.94. The van der Waals surface area contributed by atoms with Crippen LogP contribution in [0.25, 0.3) is 0 Å². The summed E-state index contributed by atoms with van der Waals surface area (Å²) in [6.07, 6.45) is 0. The van der Waals surface area contributed by atoms with Crippen molar-refractivity contribution in [2.75, 3.05) is 6.54 Å². The molecule has 1 aromatic carbocycles. The van der Waals surface area contributed by atoms with E-state index in [1.165, 1.54) is 31.3 Å². The first-order valence-electron chi connectivity index (χ1n) is 9.91. The quantitative estimate of drug-likeness (QED) is 0.419. The van der Waals surface area contributed by atoms with Gasteiger partial charge in [-0.3, -0.25) is 24.3 Å². The highest BCUT2D eigenvalue weighted by Gasteiger charge is 2.30. The van der Waals surface area contributed by atoms with Crippen molar-refractivity contribution in [3.05, 3.63) is 69.3 Å². The molecular weight excluding hydrogens is 435 g/mol. The minimum atomic E-state index is -1.07. The minimum absolute atomic E-state index is 0.0323. The van der Waals surface area contributed by atoms with Gasteiger partial charge in [0.2, 0.25) is 17.4 Å². The standard InChI is InChI=1S/C21H23FN6O5/c1-11-26-27-18(33-11)14(29)10-24-21(2,3)20-25-15(16(30)19(32)28(20)4)17(31)23-9-12-5-7-13(22)8-6-12/h5-8,24,30H,9-10H2,1-4H3,(H,23,31). The van der Waals surface area contributed by atoms with Crippen LogP contribution < -0.4 is 16.2 Å². The molecule has 12 heteroatoms. The number of hydrogen-bond donors (Lipinski definition) is 3. The molecule has 2 aromatic heterocycles. The molecule has 0 spiro atoms. The zero-order chi connectivity index (χ0) is 24.3. The highest BCUT2D eigenvalue weighted by atomic mass is 19.1. The number of Topliss-reactive ketones (excluding diaryl/α,β-unsaturated/α-hetero) is 1. The van der Waals surface area contributed by atoms with Gasteiger partial charge in [0.05, 0.1) is 12.1 Å². The molecule has 11 nitrogen and oxygen atoms in total. The van der Waals surface area contributed by atoms with E-state index in [-0.39, 0.29) is 30.7 Å². The van der Waals surface area contributed by atoms with Gasteiger partial charge in [-0.15, -0.1) is 10.2 Å². The van der Waals surface area contributed by atoms with Gasteiger partial charge >= 0.3 is 0 Å². The predicted molar refractivity (Wildman–Crippen MR) is 113 cm³/mol. The molecule has 3 aromatic rings. The predicted octanol–water partition coefficient (Wildman–Crippen LogP) is 0.954. The lowest BCUT2D eigenvalue weighted by Gasteiger charge is -2.27. The maximum Gasteiger partial charge on any atom is 0.296 e. The number of aromatic nitrogens is 4. The van der Waals surface area contributed by atoms with Gasteiger partial charge in [0.25, 0.3) is 17.4 Å². The molecule has 0 aliphatic rings. The molecule has 0 aliphatic carbocycles. The summed E-state index contributed by atoms with van der Waals surface area (Å²) in [6.45, 7) is 4.68. The smallest absolute Gasteiger partial charge is 0.296 e. The fourth-order valence-corrected chi connectivity index (χ4v) is 3.04. The average molecular weight is 458 g/mol. The van der Waals surface area contributed by atoms with Crippen LogP contribution in [0.15, 0.2) is 33.5 Å². The van der Waals surface area contributed by atoms with Crippen molar-refractivity contribution in [3.63, 3.8) is 0 Å². The third-order valence-electron chi connectivity index (χ3n) is 4.86. The zero-order valence-corrected chi connectivity index (χ0v) is 18.5. The SMILES string of the molecule is Cc1nnc(C(=O)CNC(C)(C)c2nc(C(=O)NCc3ccc(F)cc3)c(O)c(=O)n2C)o1. The Morgan fingerprint density at radius 2 is 1.88 bits per heavy atom. The monoisotopic (exact) mass is 458 g/mol. The van der Waals surface area contributed by atoms with Crippen molar-refractivity contribution in [2.45, 2.75) is 32.9 Å². The van der Waals surface area contributed by atoms with Gasteiger partial charge in [0.1, 0.15) is 11.6 Å². The maximum atomic E-state index is 13.0. The Morgan fingerprint density at radius 3 is 2.48 bits per heavy atom. The fraction of sp³-hybridized carbons (Fsp3) is 0.333. The van der Waals surface area contributed by atoms with Gasteiger partial charge < -0.3 is 14.8 Å². The molecular formula is C21H23FN6O5. The molecule has 0 fully saturated rings. The molecule has 33 heavy (non-hydrogen) atoms. The van der Waals surface area contributed by atoms with Gasteiger partial charge in [-0.2, -0.15) is 0 Å². The van der Waals surface area contributed by atoms with Crippen LogP contribution in [0.3, 0.4) is 0 Å². The summed E-state index contributed by atoms with van der Waals surface area (Å²) in [5, 5.41) is 23.0. The summed E-state index contributed by atoms with van der Waals surface area (Å²) in [4.78, 5) is 41.7. The molecule has 174 valence electrons. The number of amides is 1. The topological polar surface area (TPSA) is 152 Å². The Kier molecular flexibility index (Phi) is 6.68. The number of aryl methyl sites for hydroxylation is 1. The molecule has 0 bridgehead atoms. The average Bonchev–Trinajstić information content (AvgIpc) is 3.21. The minimum Gasteiger partial charge on any atom is -0.501 e. The maximum absolute atomic E-state index is 13.0. The first-order chi connectivity index (χ1) is 15.5. The first-order valence-corrected chi connectivity index (χ1v) is 9.91. The van der Waals surface area contributed by atoms with E-state index < -0.39 is 40.0 Å². The summed E-state index contributed by atoms with van der Waals surface area (Å²) in [5.74, 6) is -2.30. The van der Waals surface area contributed by atoms with Gasteiger partial charge in [0, 0.05) is 20.5 Å². The largest absolute Gasteiger partial charge is 0.501 e. The Bertz CT molecular complexity index is 1250. The van der Waals surface area contributed by atoms with Crippen LogP contribution in [0.5, 0.6) is 5.75 Å². The number of carbonyl (C=O) groups is 2. The molecule has 3 rings (SSSR count). The van der Waals surface area contributed by atoms with Crippen molar-refractivity contribution in [2.24, 2.45) is 7.05 Å². The number of hydrogen-bond acceptors (Lipinski definition) is 9. The van der Waals surface area contributed by atoms with Crippen molar-refractivity contribution in [3.8, 4) is 5.75 Å². The third-order valence-corrected chi connectivity index (χ3v) is 4.86. The second-order valence-corrected chi connectivity index (χ2v) is 7.83. The highest BCUT2D eigenvalue weighted by Crippen LogP contribution is 2.20. The molecule has 1 amide bonds. The zero-order valence-electron chi connectivity index (χ0n) is 18.5. The molecule has 0 saturated heterocycles. The molecule has 0 aliphatic heterocycles. The van der Waals surface area contributed by atoms with Crippen molar-refractivity contribution in [1.29, 1.82) is 0 Å². The van der Waals surface area contributed by atoms with Crippen molar-refractivity contribution < 1.29 is 23.5 Å². The van der Waals surface area contributed by atoms with Crippen LogP contribution in [0.1, 0.15) is 52.3 Å². The number of nitrogens with zero attached hydrogens (tertiary/aromatic N) is 4. The summed E-state index contributed by atoms with van der Waals surface area (Å²) in [7, 11) is 1.39. The van der Waals surface area contributed by atoms with E-state index >= 15 is 0 Å². The van der Waals surface area contributed by atoms with E-state index in [0.29, 0.717) is 5.56 Å². The van der Waals surface area contributed by atoms with Crippen molar-refractivity contribution >= 4 is 11.7 Å². The van der Waals surface area contributed by atoms with Crippen molar-refractivity contribution in [1.82, 2.24) is 30.4 Å². The van der Waals surface area contributed by atoms with Crippen LogP contribution in [0.4, 0.5) is 4.39 Å². The summed E-state index contributed by atoms with van der Waals surface area (Å²) < 4.78 is 19.2. The van der Waals surface area contributed by atoms with Crippen LogP contribution in [0, 0.1) is 12.7 Å². The molecule has 0 saturated carbocycles. The second kappa shape index (κ2) is 9.28. The van der Waals surface area contributed by atoms with E-state index in [1.807, 2.05) is 0 Å². The van der Waals surface area contributed by atoms with E-state index in [2.05, 4.69) is 25.8 Å². The molecule has 0 radical (unpaired) electrons. The Hall–Kier alpha value is -3.93. The van der Waals surface area contributed by atoms with Gasteiger partial charge in [-0.1, -0.05) is 12.1 Å². The number of rotatable bonds is 8. The number of nitrogens with one attached hydrogen (secondary N) is 2. The lowest BCUT2D eigenvalue weighted by atomic mass is 10.0. The molecule has 3 N–H and O–H groups in total. The lowest BCUT2D eigenvalue weighted by molar-refractivity contribution is 0.0930. The number of ketones is 1.